The van der Waals surface area contributed by atoms with Crippen LogP contribution < -0.4 is 16.0 Å². The maximum atomic E-state index is 14.0. The van der Waals surface area contributed by atoms with Crippen molar-refractivity contribution in [3.05, 3.63) is 71.8 Å². The van der Waals surface area contributed by atoms with Crippen LogP contribution in [-0.2, 0) is 41.5 Å². The number of hydrogen-bond acceptors (Lipinski definition) is 7. The van der Waals surface area contributed by atoms with E-state index in [1.807, 2.05) is 107 Å². The van der Waals surface area contributed by atoms with Crippen molar-refractivity contribution in [3.8, 4) is 0 Å². The zero-order chi connectivity index (χ0) is 35.3. The van der Waals surface area contributed by atoms with Crippen LogP contribution in [0.15, 0.2) is 60.7 Å². The van der Waals surface area contributed by atoms with Crippen molar-refractivity contribution >= 4 is 23.5 Å². The number of ether oxygens (including phenoxy) is 2. The Bertz CT molecular complexity index is 1310. The number of ketones is 1. The van der Waals surface area contributed by atoms with Gasteiger partial charge in [0.1, 0.15) is 23.8 Å². The van der Waals surface area contributed by atoms with Crippen LogP contribution >= 0.6 is 0 Å². The molecule has 1 unspecified atom stereocenters. The summed E-state index contributed by atoms with van der Waals surface area (Å²) in [6.45, 7) is 11.0. The van der Waals surface area contributed by atoms with Gasteiger partial charge in [-0.2, -0.15) is 0 Å². The molecule has 2 aromatic carbocycles. The van der Waals surface area contributed by atoms with Crippen LogP contribution in [0.2, 0.25) is 0 Å². The molecule has 3 amide bonds. The topological polar surface area (TPSA) is 129 Å². The molecule has 0 bridgehead atoms. The molecule has 0 aromatic heterocycles. The number of carbonyl (C=O) groups excluding carboxylic acids is 4. The van der Waals surface area contributed by atoms with E-state index in [0.717, 1.165) is 11.1 Å². The van der Waals surface area contributed by atoms with E-state index >= 15 is 0 Å². The predicted octanol–water partition coefficient (Wildman–Crippen LogP) is 3.71. The Morgan fingerprint density at radius 2 is 1.27 bits per heavy atom. The number of epoxide rings is 1. The number of carbonyl (C=O) groups is 4. The van der Waals surface area contributed by atoms with Gasteiger partial charge in [-0.25, -0.2) is 0 Å². The summed E-state index contributed by atoms with van der Waals surface area (Å²) >= 11 is 0. The lowest BCUT2D eigenvalue weighted by Gasteiger charge is -2.28. The average molecular weight is 665 g/mol. The summed E-state index contributed by atoms with van der Waals surface area (Å²) in [5.74, 6) is -1.24. The lowest BCUT2D eigenvalue weighted by molar-refractivity contribution is -0.138. The van der Waals surface area contributed by atoms with E-state index in [2.05, 4.69) is 16.0 Å². The van der Waals surface area contributed by atoms with Crippen LogP contribution in [0.25, 0.3) is 0 Å². The van der Waals surface area contributed by atoms with E-state index in [1.54, 1.807) is 6.92 Å². The van der Waals surface area contributed by atoms with E-state index < -0.39 is 41.6 Å². The van der Waals surface area contributed by atoms with Gasteiger partial charge in [-0.15, -0.1) is 0 Å². The SMILES string of the molecule is CC(C)CC(NC(=O)[C@H](Cc1ccccc1)NC(=O)[C@H](CC(C)C)NC(=O)[C@H](CCc1ccccc1)OCCN(C)C)C(=O)[C@@]1(C)CO1. The van der Waals surface area contributed by atoms with Crippen molar-refractivity contribution in [2.75, 3.05) is 33.9 Å². The molecule has 1 aliphatic heterocycles. The quantitative estimate of drug-likeness (QED) is 0.174. The number of Topliss-reactive ketones (excluding diaryl/α,β-unsaturated/α-hetero) is 1. The van der Waals surface area contributed by atoms with Gasteiger partial charge < -0.3 is 30.3 Å². The summed E-state index contributed by atoms with van der Waals surface area (Å²) < 4.78 is 11.5. The molecule has 3 N–H and O–H groups in total. The van der Waals surface area contributed by atoms with E-state index in [9.17, 15) is 19.2 Å². The van der Waals surface area contributed by atoms with E-state index in [-0.39, 0.29) is 29.9 Å². The molecule has 1 saturated heterocycles. The summed E-state index contributed by atoms with van der Waals surface area (Å²) in [6, 6.07) is 16.7. The monoisotopic (exact) mass is 664 g/mol. The molecule has 48 heavy (non-hydrogen) atoms. The largest absolute Gasteiger partial charge is 0.367 e. The first kappa shape index (κ1) is 38.8. The maximum absolute atomic E-state index is 14.0. The lowest BCUT2D eigenvalue weighted by atomic mass is 9.93. The zero-order valence-electron chi connectivity index (χ0n) is 29.8. The fourth-order valence-corrected chi connectivity index (χ4v) is 5.50. The van der Waals surface area contributed by atoms with Gasteiger partial charge in [-0.1, -0.05) is 88.4 Å². The van der Waals surface area contributed by atoms with Crippen molar-refractivity contribution in [2.45, 2.75) is 96.6 Å². The van der Waals surface area contributed by atoms with Gasteiger partial charge in [0, 0.05) is 13.0 Å². The molecule has 10 nitrogen and oxygen atoms in total. The number of amides is 3. The van der Waals surface area contributed by atoms with Gasteiger partial charge in [0.15, 0.2) is 5.78 Å². The number of nitrogens with zero attached hydrogens (tertiary/aromatic N) is 1. The Labute approximate surface area is 286 Å². The second-order valence-corrected chi connectivity index (χ2v) is 14.2. The van der Waals surface area contributed by atoms with Gasteiger partial charge in [0.2, 0.25) is 17.7 Å². The van der Waals surface area contributed by atoms with Crippen LogP contribution in [-0.4, -0.2) is 92.1 Å². The number of hydrogen-bond donors (Lipinski definition) is 3. The molecular weight excluding hydrogens is 608 g/mol. The van der Waals surface area contributed by atoms with Crippen molar-refractivity contribution < 1.29 is 28.7 Å². The Morgan fingerprint density at radius 3 is 1.81 bits per heavy atom. The van der Waals surface area contributed by atoms with E-state index in [1.165, 1.54) is 0 Å². The van der Waals surface area contributed by atoms with Crippen LogP contribution in [0, 0.1) is 11.8 Å². The first-order valence-corrected chi connectivity index (χ1v) is 17.2. The highest BCUT2D eigenvalue weighted by molar-refractivity contribution is 5.98. The molecule has 0 saturated carbocycles. The molecule has 264 valence electrons. The van der Waals surface area contributed by atoms with Gasteiger partial charge in [0.05, 0.1) is 19.3 Å². The highest BCUT2D eigenvalue weighted by Gasteiger charge is 2.50. The minimum atomic E-state index is -0.980. The third-order valence-corrected chi connectivity index (χ3v) is 8.38. The number of rotatable bonds is 21. The molecule has 0 spiro atoms. The first-order chi connectivity index (χ1) is 22.8. The first-order valence-electron chi connectivity index (χ1n) is 17.2. The summed E-state index contributed by atoms with van der Waals surface area (Å²) in [6.07, 6.45) is 1.35. The van der Waals surface area contributed by atoms with Crippen LogP contribution in [0.1, 0.15) is 65.0 Å². The highest BCUT2D eigenvalue weighted by Crippen LogP contribution is 2.29. The summed E-state index contributed by atoms with van der Waals surface area (Å²) in [7, 11) is 3.88. The number of benzene rings is 2. The number of likely N-dealkylation sites (N-methyl/N-ethyl adjacent to an activating group) is 1. The fraction of sp³-hybridized carbons (Fsp3) is 0.579. The molecule has 0 aliphatic carbocycles. The third-order valence-electron chi connectivity index (χ3n) is 8.38. The third kappa shape index (κ3) is 13.1. The van der Waals surface area contributed by atoms with Crippen LogP contribution in [0.3, 0.4) is 0 Å². The van der Waals surface area contributed by atoms with E-state index in [4.69, 9.17) is 9.47 Å². The van der Waals surface area contributed by atoms with Gasteiger partial charge in [0.25, 0.3) is 0 Å². The lowest BCUT2D eigenvalue weighted by Crippen LogP contribution is -2.58. The Kier molecular flexibility index (Phi) is 15.2. The van der Waals surface area contributed by atoms with Gasteiger partial charge in [-0.3, -0.25) is 19.2 Å². The van der Waals surface area contributed by atoms with E-state index in [0.29, 0.717) is 45.4 Å². The Morgan fingerprint density at radius 1 is 0.771 bits per heavy atom. The maximum Gasteiger partial charge on any atom is 0.249 e. The molecule has 5 atom stereocenters. The van der Waals surface area contributed by atoms with Crippen LogP contribution in [0.4, 0.5) is 0 Å². The standard InChI is InChI=1S/C38H56N4O6/c1-26(2)22-30(34(43)38(5)25-48-38)39-36(45)32(24-29-16-12-9-13-17-29)40-35(44)31(23-27(3)4)41-37(46)33(47-21-20-42(6)7)19-18-28-14-10-8-11-15-28/h8-17,26-27,30-33H,18-25H2,1-7H3,(H,39,45)(H,40,44)(H,41,46)/t30?,31-,32-,33-,38+/m0/s1. The summed E-state index contributed by atoms with van der Waals surface area (Å²) in [4.78, 5) is 56.8. The highest BCUT2D eigenvalue weighted by atomic mass is 16.6. The molecule has 3 rings (SSSR count). The average Bonchev–Trinajstić information content (AvgIpc) is 3.79. The molecule has 10 heteroatoms. The zero-order valence-corrected chi connectivity index (χ0v) is 29.8. The smallest absolute Gasteiger partial charge is 0.249 e. The Hall–Kier alpha value is -3.60. The van der Waals surface area contributed by atoms with Crippen molar-refractivity contribution in [1.82, 2.24) is 20.9 Å². The molecule has 1 fully saturated rings. The molecular formula is C38H56N4O6. The number of aryl methyl sites for hydroxylation is 1. The van der Waals surface area contributed by atoms with Crippen molar-refractivity contribution in [1.29, 1.82) is 0 Å². The van der Waals surface area contributed by atoms with Crippen molar-refractivity contribution in [2.24, 2.45) is 11.8 Å². The second-order valence-electron chi connectivity index (χ2n) is 14.2. The predicted molar refractivity (Wildman–Crippen MR) is 187 cm³/mol. The van der Waals surface area contributed by atoms with Crippen molar-refractivity contribution in [3.63, 3.8) is 0 Å². The molecule has 0 radical (unpaired) electrons. The Balaban J connectivity index is 1.79. The minimum Gasteiger partial charge on any atom is -0.367 e. The molecule has 1 heterocycles. The number of nitrogens with one attached hydrogen (secondary N) is 3. The fourth-order valence-electron chi connectivity index (χ4n) is 5.50. The second kappa shape index (κ2) is 18.8. The molecule has 1 aliphatic rings. The van der Waals surface area contributed by atoms with Gasteiger partial charge >= 0.3 is 0 Å². The normalized spacial score (nSPS) is 18.2. The minimum absolute atomic E-state index is 0.0761. The van der Waals surface area contributed by atoms with Gasteiger partial charge in [-0.05, 0) is 69.7 Å². The van der Waals surface area contributed by atoms with Crippen LogP contribution in [0.5, 0.6) is 0 Å². The molecule has 2 aromatic rings. The summed E-state index contributed by atoms with van der Waals surface area (Å²) in [5, 5.41) is 8.81. The summed E-state index contributed by atoms with van der Waals surface area (Å²) in [5.41, 5.74) is 1.04.